The van der Waals surface area contributed by atoms with E-state index in [1.54, 1.807) is 0 Å². The van der Waals surface area contributed by atoms with Crippen LogP contribution in [0.4, 0.5) is 0 Å². The van der Waals surface area contributed by atoms with Crippen LogP contribution < -0.4 is 0 Å². The van der Waals surface area contributed by atoms with Gasteiger partial charge in [-0.15, -0.1) is 0 Å². The highest BCUT2D eigenvalue weighted by molar-refractivity contribution is 6.32. The van der Waals surface area contributed by atoms with Crippen LogP contribution in [0, 0.1) is 0 Å². The fourth-order valence-electron chi connectivity index (χ4n) is 3.98. The van der Waals surface area contributed by atoms with Crippen LogP contribution in [0.15, 0.2) is 77.2 Å². The van der Waals surface area contributed by atoms with Gasteiger partial charge < -0.3 is 9.40 Å². The first kappa shape index (κ1) is 12.2. The van der Waals surface area contributed by atoms with Crippen LogP contribution in [0.3, 0.4) is 0 Å². The number of rotatable bonds is 0. The van der Waals surface area contributed by atoms with Crippen LogP contribution in [0.5, 0.6) is 0 Å². The molecule has 0 radical (unpaired) electrons. The summed E-state index contributed by atoms with van der Waals surface area (Å²) in [6.45, 7) is 0. The van der Waals surface area contributed by atoms with Crippen molar-refractivity contribution < 1.29 is 4.42 Å². The Bertz CT molecular complexity index is 1400. The van der Waals surface area contributed by atoms with E-state index >= 15 is 0 Å². The van der Waals surface area contributed by atoms with Gasteiger partial charge in [-0.2, -0.15) is 0 Å². The van der Waals surface area contributed by atoms with Crippen molar-refractivity contribution >= 4 is 54.5 Å². The van der Waals surface area contributed by atoms with Gasteiger partial charge in [-0.3, -0.25) is 0 Å². The maximum Gasteiger partial charge on any atom is 0.161 e. The Morgan fingerprint density at radius 1 is 0.542 bits per heavy atom. The van der Waals surface area contributed by atoms with Gasteiger partial charge in [-0.05, 0) is 28.3 Å². The molecule has 1 N–H and O–H groups in total. The smallest absolute Gasteiger partial charge is 0.161 e. The molecule has 4 aromatic carbocycles. The molecule has 0 saturated carbocycles. The van der Waals surface area contributed by atoms with Crippen LogP contribution in [-0.2, 0) is 0 Å². The fraction of sp³-hybridized carbons (Fsp3) is 0. The Morgan fingerprint density at radius 2 is 1.12 bits per heavy atom. The SMILES string of the molecule is c1ccc2c(c1)oc1c2[nH]c2c3ccccc3c3ccccc3c21. The number of hydrogen-bond donors (Lipinski definition) is 1. The molecule has 0 aliphatic rings. The predicted octanol–water partition coefficient (Wildman–Crippen LogP) is 6.37. The Morgan fingerprint density at radius 3 is 1.92 bits per heavy atom. The monoisotopic (exact) mass is 307 g/mol. The number of hydrogen-bond acceptors (Lipinski definition) is 1. The van der Waals surface area contributed by atoms with Crippen LogP contribution >= 0.6 is 0 Å². The fourth-order valence-corrected chi connectivity index (χ4v) is 3.98. The molecule has 6 aromatic rings. The van der Waals surface area contributed by atoms with Gasteiger partial charge >= 0.3 is 0 Å². The van der Waals surface area contributed by atoms with Crippen molar-refractivity contribution in [3.05, 3.63) is 72.8 Å². The molecule has 2 aromatic heterocycles. The normalized spacial score (nSPS) is 12.2. The Labute approximate surface area is 137 Å². The molecule has 0 spiro atoms. The first-order chi connectivity index (χ1) is 11.9. The number of benzene rings is 4. The van der Waals surface area contributed by atoms with Gasteiger partial charge in [-0.1, -0.05) is 60.7 Å². The number of nitrogens with one attached hydrogen (secondary N) is 1. The molecule has 0 amide bonds. The summed E-state index contributed by atoms with van der Waals surface area (Å²) in [6, 6.07) is 25.3. The molecule has 2 heteroatoms. The second-order valence-corrected chi connectivity index (χ2v) is 6.27. The van der Waals surface area contributed by atoms with Crippen molar-refractivity contribution in [1.82, 2.24) is 4.98 Å². The minimum atomic E-state index is 0.929. The van der Waals surface area contributed by atoms with E-state index in [4.69, 9.17) is 4.42 Å². The van der Waals surface area contributed by atoms with Crippen LogP contribution in [0.1, 0.15) is 0 Å². The lowest BCUT2D eigenvalue weighted by atomic mass is 9.98. The van der Waals surface area contributed by atoms with Crippen molar-refractivity contribution in [2.24, 2.45) is 0 Å². The van der Waals surface area contributed by atoms with Gasteiger partial charge in [0.05, 0.1) is 16.4 Å². The summed E-state index contributed by atoms with van der Waals surface area (Å²) in [5.41, 5.74) is 4.12. The minimum absolute atomic E-state index is 0.929. The standard InChI is InChI=1S/C22H13NO/c1-3-9-15-13(7-1)14-8-2-4-10-16(14)20-19(15)22-21(23-20)17-11-5-6-12-18(17)24-22/h1-12,23H. The van der Waals surface area contributed by atoms with Crippen molar-refractivity contribution in [1.29, 1.82) is 0 Å². The Kier molecular flexibility index (Phi) is 2.12. The number of furan rings is 1. The topological polar surface area (TPSA) is 28.9 Å². The lowest BCUT2D eigenvalue weighted by Gasteiger charge is -2.06. The van der Waals surface area contributed by atoms with Gasteiger partial charge in [0.25, 0.3) is 0 Å². The van der Waals surface area contributed by atoms with Crippen LogP contribution in [-0.4, -0.2) is 4.98 Å². The van der Waals surface area contributed by atoms with Gasteiger partial charge in [0.1, 0.15) is 5.58 Å². The second kappa shape index (κ2) is 4.18. The Hall–Kier alpha value is -3.26. The quantitative estimate of drug-likeness (QED) is 0.324. The molecule has 0 fully saturated rings. The van der Waals surface area contributed by atoms with E-state index in [0.29, 0.717) is 0 Å². The average molecular weight is 307 g/mol. The minimum Gasteiger partial charge on any atom is -0.454 e. The summed E-state index contributed by atoms with van der Waals surface area (Å²) in [5.74, 6) is 0. The second-order valence-electron chi connectivity index (χ2n) is 6.27. The molecule has 112 valence electrons. The highest BCUT2D eigenvalue weighted by Crippen LogP contribution is 2.41. The molecular weight excluding hydrogens is 294 g/mol. The molecule has 2 heterocycles. The van der Waals surface area contributed by atoms with Crippen LogP contribution in [0.25, 0.3) is 54.5 Å². The zero-order valence-corrected chi connectivity index (χ0v) is 12.8. The predicted molar refractivity (Wildman–Crippen MR) is 101 cm³/mol. The summed E-state index contributed by atoms with van der Waals surface area (Å²) in [4.78, 5) is 3.64. The molecule has 0 atom stereocenters. The van der Waals surface area contributed by atoms with Gasteiger partial charge in [-0.25, -0.2) is 0 Å². The molecule has 0 aliphatic carbocycles. The van der Waals surface area contributed by atoms with E-state index in [0.717, 1.165) is 27.6 Å². The van der Waals surface area contributed by atoms with Crippen molar-refractivity contribution in [2.45, 2.75) is 0 Å². The lowest BCUT2D eigenvalue weighted by molar-refractivity contribution is 0.673. The molecule has 24 heavy (non-hydrogen) atoms. The van der Waals surface area contributed by atoms with Gasteiger partial charge in [0.2, 0.25) is 0 Å². The van der Waals surface area contributed by atoms with E-state index < -0.39 is 0 Å². The maximum atomic E-state index is 6.23. The highest BCUT2D eigenvalue weighted by Gasteiger charge is 2.17. The molecule has 0 saturated heterocycles. The number of para-hydroxylation sites is 1. The molecular formula is C22H13NO. The zero-order valence-electron chi connectivity index (χ0n) is 12.8. The first-order valence-electron chi connectivity index (χ1n) is 8.14. The molecule has 6 rings (SSSR count). The first-order valence-corrected chi connectivity index (χ1v) is 8.14. The summed E-state index contributed by atoms with van der Waals surface area (Å²) in [5, 5.41) is 7.32. The van der Waals surface area contributed by atoms with E-state index in [1.807, 2.05) is 12.1 Å². The number of fused-ring (bicyclic) bond motifs is 10. The number of aromatic nitrogens is 1. The average Bonchev–Trinajstić information content (AvgIpc) is 3.18. The number of H-pyrrole nitrogens is 1. The molecule has 0 aliphatic heterocycles. The summed E-state index contributed by atoms with van der Waals surface area (Å²) in [6.07, 6.45) is 0. The third kappa shape index (κ3) is 1.36. The van der Waals surface area contributed by atoms with E-state index in [-0.39, 0.29) is 0 Å². The number of aromatic amines is 1. The van der Waals surface area contributed by atoms with Gasteiger partial charge in [0, 0.05) is 10.8 Å². The van der Waals surface area contributed by atoms with E-state index in [9.17, 15) is 0 Å². The summed E-state index contributed by atoms with van der Waals surface area (Å²) < 4.78 is 6.23. The summed E-state index contributed by atoms with van der Waals surface area (Å²) >= 11 is 0. The van der Waals surface area contributed by atoms with Crippen molar-refractivity contribution in [3.8, 4) is 0 Å². The lowest BCUT2D eigenvalue weighted by Crippen LogP contribution is -1.81. The highest BCUT2D eigenvalue weighted by atomic mass is 16.3. The largest absolute Gasteiger partial charge is 0.454 e. The molecule has 2 nitrogen and oxygen atoms in total. The van der Waals surface area contributed by atoms with Crippen molar-refractivity contribution in [3.63, 3.8) is 0 Å². The maximum absolute atomic E-state index is 6.23. The Balaban J connectivity index is 2.02. The zero-order chi connectivity index (χ0) is 15.7. The molecule has 0 unspecified atom stereocenters. The van der Waals surface area contributed by atoms with Gasteiger partial charge in [0.15, 0.2) is 5.58 Å². The van der Waals surface area contributed by atoms with E-state index in [1.165, 1.54) is 26.9 Å². The van der Waals surface area contributed by atoms with Crippen molar-refractivity contribution in [2.75, 3.05) is 0 Å². The van der Waals surface area contributed by atoms with Crippen LogP contribution in [0.2, 0.25) is 0 Å². The molecule has 0 bridgehead atoms. The van der Waals surface area contributed by atoms with E-state index in [2.05, 4.69) is 65.6 Å². The third-order valence-corrected chi connectivity index (χ3v) is 5.01. The summed E-state index contributed by atoms with van der Waals surface area (Å²) in [7, 11) is 0. The third-order valence-electron chi connectivity index (χ3n) is 5.01.